The predicted molar refractivity (Wildman–Crippen MR) is 96.6 cm³/mol. The van der Waals surface area contributed by atoms with Crippen molar-refractivity contribution in [2.45, 2.75) is 32.8 Å². The minimum absolute atomic E-state index is 0.0917. The fourth-order valence-electron chi connectivity index (χ4n) is 3.69. The number of hydrogen-bond acceptors (Lipinski definition) is 4. The fraction of sp³-hybridized carbons (Fsp3) is 0.286. The lowest BCUT2D eigenvalue weighted by Crippen LogP contribution is -2.31. The zero-order valence-electron chi connectivity index (χ0n) is 14.4. The molecule has 2 aliphatic rings. The third-order valence-corrected chi connectivity index (χ3v) is 4.77. The second kappa shape index (κ2) is 5.66. The molecule has 1 unspecified atom stereocenters. The van der Waals surface area contributed by atoms with Crippen LogP contribution in [0.5, 0.6) is 11.5 Å². The summed E-state index contributed by atoms with van der Waals surface area (Å²) >= 11 is 0. The molecule has 2 aromatic carbocycles. The Hall–Kier alpha value is -2.75. The van der Waals surface area contributed by atoms with E-state index in [0.717, 1.165) is 23.4 Å². The molecule has 0 amide bonds. The molecular formula is C21H21NO3. The number of phenols is 1. The van der Waals surface area contributed by atoms with Crippen LogP contribution in [0, 0.1) is 5.41 Å². The summed E-state index contributed by atoms with van der Waals surface area (Å²) in [5.74, 6) is 0.966. The molecule has 1 aliphatic carbocycles. The van der Waals surface area contributed by atoms with E-state index < -0.39 is 6.10 Å². The molecule has 1 heterocycles. The Balaban J connectivity index is 1.90. The molecule has 0 saturated heterocycles. The number of fused-ring (bicyclic) bond motifs is 1. The van der Waals surface area contributed by atoms with Gasteiger partial charge in [0.25, 0.3) is 0 Å². The first kappa shape index (κ1) is 15.8. The number of rotatable bonds is 1. The van der Waals surface area contributed by atoms with E-state index in [1.54, 1.807) is 18.2 Å². The van der Waals surface area contributed by atoms with Crippen molar-refractivity contribution < 1.29 is 14.6 Å². The van der Waals surface area contributed by atoms with E-state index in [2.05, 4.69) is 19.2 Å². The van der Waals surface area contributed by atoms with E-state index in [9.17, 15) is 9.90 Å². The maximum Gasteiger partial charge on any atom is 0.165 e. The molecule has 2 N–H and O–H groups in total. The normalized spacial score (nSPS) is 21.5. The van der Waals surface area contributed by atoms with Crippen molar-refractivity contribution in [3.05, 3.63) is 65.4 Å². The molecule has 4 rings (SSSR count). The number of hydrogen-bond donors (Lipinski definition) is 2. The van der Waals surface area contributed by atoms with Crippen molar-refractivity contribution in [1.29, 1.82) is 0 Å². The van der Waals surface area contributed by atoms with E-state index in [4.69, 9.17) is 4.74 Å². The van der Waals surface area contributed by atoms with Crippen LogP contribution in [-0.4, -0.2) is 10.9 Å². The van der Waals surface area contributed by atoms with Crippen LogP contribution in [0.1, 0.15) is 38.4 Å². The Kier molecular flexibility index (Phi) is 3.57. The maximum absolute atomic E-state index is 13.0. The highest BCUT2D eigenvalue weighted by atomic mass is 16.5. The van der Waals surface area contributed by atoms with Gasteiger partial charge in [-0.25, -0.2) is 0 Å². The topological polar surface area (TPSA) is 58.6 Å². The number of allylic oxidation sites excluding steroid dienone is 1. The van der Waals surface area contributed by atoms with Crippen molar-refractivity contribution in [2.75, 3.05) is 5.32 Å². The molecule has 0 fully saturated rings. The van der Waals surface area contributed by atoms with Gasteiger partial charge in [0.2, 0.25) is 0 Å². The summed E-state index contributed by atoms with van der Waals surface area (Å²) in [5, 5.41) is 13.3. The first-order chi connectivity index (χ1) is 11.9. The molecule has 25 heavy (non-hydrogen) atoms. The fourth-order valence-corrected chi connectivity index (χ4v) is 3.69. The number of ketones is 1. The monoisotopic (exact) mass is 335 g/mol. The molecule has 0 aromatic heterocycles. The Morgan fingerprint density at radius 1 is 1.12 bits per heavy atom. The smallest absolute Gasteiger partial charge is 0.165 e. The van der Waals surface area contributed by atoms with E-state index >= 15 is 0 Å². The number of nitrogens with one attached hydrogen (secondary N) is 1. The number of para-hydroxylation sites is 2. The van der Waals surface area contributed by atoms with Crippen molar-refractivity contribution >= 4 is 11.5 Å². The average Bonchev–Trinajstić information content (AvgIpc) is 2.70. The Morgan fingerprint density at radius 2 is 1.92 bits per heavy atom. The van der Waals surface area contributed by atoms with Gasteiger partial charge in [0.1, 0.15) is 11.5 Å². The largest absolute Gasteiger partial charge is 0.508 e. The number of aromatic hydroxyl groups is 1. The molecule has 128 valence electrons. The Labute approximate surface area is 147 Å². The molecule has 2 aromatic rings. The molecular weight excluding hydrogens is 314 g/mol. The number of anilines is 1. The zero-order chi connectivity index (χ0) is 17.6. The van der Waals surface area contributed by atoms with Gasteiger partial charge in [-0.1, -0.05) is 38.1 Å². The molecule has 1 atom stereocenters. The second-order valence-electron chi connectivity index (χ2n) is 7.55. The minimum Gasteiger partial charge on any atom is -0.508 e. The van der Waals surface area contributed by atoms with Crippen LogP contribution < -0.4 is 10.1 Å². The summed E-state index contributed by atoms with van der Waals surface area (Å²) in [6.07, 6.45) is 0.741. The summed E-state index contributed by atoms with van der Waals surface area (Å²) < 4.78 is 6.25. The van der Waals surface area contributed by atoms with Gasteiger partial charge in [0.05, 0.1) is 11.3 Å². The lowest BCUT2D eigenvalue weighted by Gasteiger charge is -2.33. The molecule has 0 bridgehead atoms. The minimum atomic E-state index is -0.526. The molecule has 0 spiro atoms. The van der Waals surface area contributed by atoms with Crippen molar-refractivity contribution in [2.24, 2.45) is 5.41 Å². The second-order valence-corrected chi connectivity index (χ2v) is 7.55. The van der Waals surface area contributed by atoms with Gasteiger partial charge in [0, 0.05) is 17.7 Å². The van der Waals surface area contributed by atoms with Crippen LogP contribution in [-0.2, 0) is 4.79 Å². The van der Waals surface area contributed by atoms with E-state index in [1.807, 2.05) is 30.3 Å². The first-order valence-corrected chi connectivity index (χ1v) is 8.51. The summed E-state index contributed by atoms with van der Waals surface area (Å²) in [4.78, 5) is 13.0. The van der Waals surface area contributed by atoms with Crippen molar-refractivity contribution in [1.82, 2.24) is 0 Å². The number of ether oxygens (including phenoxy) is 1. The van der Waals surface area contributed by atoms with E-state index in [-0.39, 0.29) is 16.9 Å². The summed E-state index contributed by atoms with van der Waals surface area (Å²) in [7, 11) is 0. The molecule has 0 radical (unpaired) electrons. The van der Waals surface area contributed by atoms with E-state index in [1.165, 1.54) is 0 Å². The number of phenolic OH excluding ortho intramolecular Hbond substituents is 1. The third-order valence-electron chi connectivity index (χ3n) is 4.77. The van der Waals surface area contributed by atoms with Crippen molar-refractivity contribution in [3.63, 3.8) is 0 Å². The van der Waals surface area contributed by atoms with Crippen LogP contribution >= 0.6 is 0 Å². The lowest BCUT2D eigenvalue weighted by atomic mass is 9.74. The molecule has 4 nitrogen and oxygen atoms in total. The average molecular weight is 335 g/mol. The van der Waals surface area contributed by atoms with Gasteiger partial charge in [-0.2, -0.15) is 0 Å². The number of Topliss-reactive ketones (excluding diaryl/α,β-unsaturated/α-hetero) is 1. The highest BCUT2D eigenvalue weighted by Gasteiger charge is 2.39. The van der Waals surface area contributed by atoms with Gasteiger partial charge in [-0.05, 0) is 36.1 Å². The Morgan fingerprint density at radius 3 is 2.72 bits per heavy atom. The van der Waals surface area contributed by atoms with Gasteiger partial charge < -0.3 is 15.2 Å². The summed E-state index contributed by atoms with van der Waals surface area (Å²) in [6.45, 7) is 4.22. The highest BCUT2D eigenvalue weighted by molar-refractivity contribution is 5.99. The third kappa shape index (κ3) is 2.88. The molecule has 0 saturated carbocycles. The number of carbonyl (C=O) groups is 1. The van der Waals surface area contributed by atoms with Crippen LogP contribution in [0.15, 0.2) is 59.8 Å². The Bertz CT molecular complexity index is 882. The SMILES string of the molecule is CC1(C)CC(=O)C2=C(C1)Nc1ccccc1OC2c1cccc(O)c1. The molecule has 1 aliphatic heterocycles. The summed E-state index contributed by atoms with van der Waals surface area (Å²) in [5.41, 5.74) is 3.13. The van der Waals surface area contributed by atoms with Crippen LogP contribution in [0.2, 0.25) is 0 Å². The van der Waals surface area contributed by atoms with Gasteiger partial charge >= 0.3 is 0 Å². The van der Waals surface area contributed by atoms with Gasteiger partial charge in [-0.3, -0.25) is 4.79 Å². The predicted octanol–water partition coefficient (Wildman–Crippen LogP) is 4.58. The van der Waals surface area contributed by atoms with E-state index in [0.29, 0.717) is 17.7 Å². The number of benzene rings is 2. The van der Waals surface area contributed by atoms with Crippen LogP contribution in [0.3, 0.4) is 0 Å². The quantitative estimate of drug-likeness (QED) is 0.801. The standard InChI is InChI=1S/C21H21NO3/c1-21(2)11-16-19(17(24)12-21)20(13-6-5-7-14(23)10-13)25-18-9-4-3-8-15(18)22-16/h3-10,20,22-23H,11-12H2,1-2H3. The zero-order valence-corrected chi connectivity index (χ0v) is 14.4. The first-order valence-electron chi connectivity index (χ1n) is 8.51. The van der Waals surface area contributed by atoms with Gasteiger partial charge in [0.15, 0.2) is 11.9 Å². The lowest BCUT2D eigenvalue weighted by molar-refractivity contribution is -0.119. The molecule has 4 heteroatoms. The van der Waals surface area contributed by atoms with Crippen LogP contribution in [0.4, 0.5) is 5.69 Å². The van der Waals surface area contributed by atoms with Crippen LogP contribution in [0.25, 0.3) is 0 Å². The summed E-state index contributed by atoms with van der Waals surface area (Å²) in [6, 6.07) is 14.6. The van der Waals surface area contributed by atoms with Gasteiger partial charge in [-0.15, -0.1) is 0 Å². The highest BCUT2D eigenvalue weighted by Crippen LogP contribution is 2.46. The maximum atomic E-state index is 13.0. The van der Waals surface area contributed by atoms with Crippen molar-refractivity contribution in [3.8, 4) is 11.5 Å². The number of carbonyl (C=O) groups excluding carboxylic acids is 1.